The summed E-state index contributed by atoms with van der Waals surface area (Å²) < 4.78 is 45.9. The highest BCUT2D eigenvalue weighted by Gasteiger charge is 2.30. The number of para-hydroxylation sites is 2. The zero-order chi connectivity index (χ0) is 20.9. The summed E-state index contributed by atoms with van der Waals surface area (Å²) in [6.45, 7) is 3.73. The lowest BCUT2D eigenvalue weighted by molar-refractivity contribution is -0.137. The van der Waals surface area contributed by atoms with E-state index in [1.54, 1.807) is 0 Å². The van der Waals surface area contributed by atoms with Gasteiger partial charge in [0.15, 0.2) is 0 Å². The SMILES string of the molecule is CCOCCCn1c(NC(=O)Cc2cccc(C(F)(F)F)c2)nc2ccccc21. The smallest absolute Gasteiger partial charge is 0.382 e. The lowest BCUT2D eigenvalue weighted by Gasteiger charge is -2.11. The number of carbonyl (C=O) groups excluding carboxylic acids is 1. The number of nitrogens with one attached hydrogen (secondary N) is 1. The molecule has 2 aromatic carbocycles. The van der Waals surface area contributed by atoms with Crippen LogP contribution in [-0.2, 0) is 28.7 Å². The maximum Gasteiger partial charge on any atom is 0.416 e. The second kappa shape index (κ2) is 9.09. The van der Waals surface area contributed by atoms with E-state index in [0.29, 0.717) is 25.7 Å². The maximum atomic E-state index is 12.9. The number of alkyl halides is 3. The molecule has 0 spiro atoms. The molecule has 3 rings (SSSR count). The zero-order valence-electron chi connectivity index (χ0n) is 16.0. The fourth-order valence-corrected chi connectivity index (χ4v) is 3.08. The van der Waals surface area contributed by atoms with E-state index in [1.165, 1.54) is 12.1 Å². The third-order valence-electron chi connectivity index (χ3n) is 4.40. The normalized spacial score (nSPS) is 11.7. The van der Waals surface area contributed by atoms with Gasteiger partial charge in [-0.15, -0.1) is 0 Å². The minimum absolute atomic E-state index is 0.175. The van der Waals surface area contributed by atoms with Crippen molar-refractivity contribution in [2.45, 2.75) is 32.5 Å². The molecule has 0 saturated carbocycles. The number of aryl methyl sites for hydroxylation is 1. The van der Waals surface area contributed by atoms with Crippen molar-refractivity contribution >= 4 is 22.9 Å². The van der Waals surface area contributed by atoms with Crippen molar-refractivity contribution in [2.75, 3.05) is 18.5 Å². The van der Waals surface area contributed by atoms with Crippen molar-refractivity contribution in [1.29, 1.82) is 0 Å². The van der Waals surface area contributed by atoms with Crippen molar-refractivity contribution in [3.63, 3.8) is 0 Å². The van der Waals surface area contributed by atoms with Crippen LogP contribution in [0.1, 0.15) is 24.5 Å². The Morgan fingerprint density at radius 1 is 1.17 bits per heavy atom. The van der Waals surface area contributed by atoms with Gasteiger partial charge in [-0.25, -0.2) is 4.98 Å². The van der Waals surface area contributed by atoms with E-state index in [9.17, 15) is 18.0 Å². The fraction of sp³-hybridized carbons (Fsp3) is 0.333. The number of carbonyl (C=O) groups is 1. The van der Waals surface area contributed by atoms with Gasteiger partial charge < -0.3 is 9.30 Å². The molecule has 0 atom stereocenters. The molecular formula is C21H22F3N3O2. The molecule has 5 nitrogen and oxygen atoms in total. The molecule has 154 valence electrons. The number of hydrogen-bond donors (Lipinski definition) is 1. The van der Waals surface area contributed by atoms with Gasteiger partial charge in [-0.05, 0) is 37.1 Å². The van der Waals surface area contributed by atoms with Crippen LogP contribution in [-0.4, -0.2) is 28.7 Å². The van der Waals surface area contributed by atoms with Crippen molar-refractivity contribution in [3.05, 3.63) is 59.7 Å². The monoisotopic (exact) mass is 405 g/mol. The molecule has 3 aromatic rings. The number of halogens is 3. The number of imidazole rings is 1. The molecule has 0 radical (unpaired) electrons. The van der Waals surface area contributed by atoms with Crippen molar-refractivity contribution < 1.29 is 22.7 Å². The number of nitrogens with zero attached hydrogens (tertiary/aromatic N) is 2. The van der Waals surface area contributed by atoms with E-state index in [4.69, 9.17) is 4.74 Å². The van der Waals surface area contributed by atoms with Gasteiger partial charge in [-0.2, -0.15) is 13.2 Å². The highest BCUT2D eigenvalue weighted by atomic mass is 19.4. The lowest BCUT2D eigenvalue weighted by atomic mass is 10.1. The molecule has 0 aliphatic carbocycles. The Kier molecular flexibility index (Phi) is 6.53. The first-order chi connectivity index (χ1) is 13.9. The van der Waals surface area contributed by atoms with Crippen LogP contribution in [0.2, 0.25) is 0 Å². The van der Waals surface area contributed by atoms with Crippen LogP contribution < -0.4 is 5.32 Å². The van der Waals surface area contributed by atoms with Gasteiger partial charge >= 0.3 is 6.18 Å². The number of benzene rings is 2. The Morgan fingerprint density at radius 3 is 2.72 bits per heavy atom. The number of rotatable bonds is 8. The Bertz CT molecular complexity index is 983. The Morgan fingerprint density at radius 2 is 1.97 bits per heavy atom. The van der Waals surface area contributed by atoms with E-state index >= 15 is 0 Å². The second-order valence-electron chi connectivity index (χ2n) is 6.55. The number of hydrogen-bond acceptors (Lipinski definition) is 3. The van der Waals surface area contributed by atoms with Gasteiger partial charge in [0, 0.05) is 19.8 Å². The molecule has 0 fully saturated rings. The third kappa shape index (κ3) is 5.35. The molecule has 1 heterocycles. The molecule has 0 bridgehead atoms. The molecule has 0 aliphatic rings. The molecule has 1 N–H and O–H groups in total. The van der Waals surface area contributed by atoms with Crippen LogP contribution in [0.4, 0.5) is 19.1 Å². The summed E-state index contributed by atoms with van der Waals surface area (Å²) in [4.78, 5) is 16.9. The first-order valence-corrected chi connectivity index (χ1v) is 9.37. The van der Waals surface area contributed by atoms with Crippen molar-refractivity contribution in [2.24, 2.45) is 0 Å². The minimum atomic E-state index is -4.44. The lowest BCUT2D eigenvalue weighted by Crippen LogP contribution is -2.18. The molecule has 8 heteroatoms. The first kappa shape index (κ1) is 20.9. The van der Waals surface area contributed by atoms with Gasteiger partial charge in [-0.3, -0.25) is 10.1 Å². The summed E-state index contributed by atoms with van der Waals surface area (Å²) in [5.41, 5.74) is 1.12. The first-order valence-electron chi connectivity index (χ1n) is 9.37. The summed E-state index contributed by atoms with van der Waals surface area (Å²) in [6, 6.07) is 12.3. The van der Waals surface area contributed by atoms with Crippen LogP contribution in [0.25, 0.3) is 11.0 Å². The zero-order valence-corrected chi connectivity index (χ0v) is 16.0. The van der Waals surface area contributed by atoms with Gasteiger partial charge in [0.2, 0.25) is 11.9 Å². The Balaban J connectivity index is 1.76. The van der Waals surface area contributed by atoms with Crippen LogP contribution in [0.5, 0.6) is 0 Å². The highest BCUT2D eigenvalue weighted by molar-refractivity contribution is 5.92. The average Bonchev–Trinajstić information content (AvgIpc) is 3.01. The van der Waals surface area contributed by atoms with Gasteiger partial charge in [0.25, 0.3) is 0 Å². The standard InChI is InChI=1S/C21H22F3N3O2/c1-2-29-12-6-11-27-18-10-4-3-9-17(18)25-20(27)26-19(28)14-15-7-5-8-16(13-15)21(22,23)24/h3-5,7-10,13H,2,6,11-12,14H2,1H3,(H,25,26,28). The van der Waals surface area contributed by atoms with Crippen LogP contribution in [0, 0.1) is 0 Å². The average molecular weight is 405 g/mol. The van der Waals surface area contributed by atoms with Crippen LogP contribution >= 0.6 is 0 Å². The highest BCUT2D eigenvalue weighted by Crippen LogP contribution is 2.29. The Hall–Kier alpha value is -2.87. The Labute approximate surface area is 166 Å². The van der Waals surface area contributed by atoms with Crippen LogP contribution in [0.3, 0.4) is 0 Å². The van der Waals surface area contributed by atoms with E-state index in [0.717, 1.165) is 29.6 Å². The topological polar surface area (TPSA) is 56.1 Å². The summed E-state index contributed by atoms with van der Waals surface area (Å²) in [6.07, 6.45) is -3.88. The molecule has 29 heavy (non-hydrogen) atoms. The number of anilines is 1. The molecule has 1 amide bonds. The molecular weight excluding hydrogens is 383 g/mol. The van der Waals surface area contributed by atoms with E-state index < -0.39 is 17.6 Å². The maximum absolute atomic E-state index is 12.9. The minimum Gasteiger partial charge on any atom is -0.382 e. The summed E-state index contributed by atoms with van der Waals surface area (Å²) in [5.74, 6) is -0.0506. The van der Waals surface area contributed by atoms with E-state index in [-0.39, 0.29) is 12.0 Å². The van der Waals surface area contributed by atoms with Crippen molar-refractivity contribution in [1.82, 2.24) is 9.55 Å². The van der Waals surface area contributed by atoms with Gasteiger partial charge in [-0.1, -0.05) is 30.3 Å². The molecule has 0 saturated heterocycles. The number of aromatic nitrogens is 2. The predicted octanol–water partition coefficient (Wildman–Crippen LogP) is 4.66. The number of ether oxygens (including phenoxy) is 1. The van der Waals surface area contributed by atoms with Crippen LogP contribution in [0.15, 0.2) is 48.5 Å². The molecule has 0 unspecified atom stereocenters. The molecule has 1 aromatic heterocycles. The number of fused-ring (bicyclic) bond motifs is 1. The van der Waals surface area contributed by atoms with E-state index in [2.05, 4.69) is 10.3 Å². The summed E-state index contributed by atoms with van der Waals surface area (Å²) in [7, 11) is 0. The quantitative estimate of drug-likeness (QED) is 0.555. The van der Waals surface area contributed by atoms with Crippen molar-refractivity contribution in [3.8, 4) is 0 Å². The largest absolute Gasteiger partial charge is 0.416 e. The molecule has 0 aliphatic heterocycles. The summed E-state index contributed by atoms with van der Waals surface area (Å²) in [5, 5.41) is 2.74. The van der Waals surface area contributed by atoms with E-state index in [1.807, 2.05) is 35.8 Å². The predicted molar refractivity (Wildman–Crippen MR) is 105 cm³/mol. The number of amides is 1. The van der Waals surface area contributed by atoms with Gasteiger partial charge in [0.1, 0.15) is 0 Å². The summed E-state index contributed by atoms with van der Waals surface area (Å²) >= 11 is 0. The second-order valence-corrected chi connectivity index (χ2v) is 6.55. The van der Waals surface area contributed by atoms with Gasteiger partial charge in [0.05, 0.1) is 23.0 Å². The fourth-order valence-electron chi connectivity index (χ4n) is 3.08. The third-order valence-corrected chi connectivity index (χ3v) is 4.40.